The predicted molar refractivity (Wildman–Crippen MR) is 102 cm³/mol. The Bertz CT molecular complexity index is 935. The van der Waals surface area contributed by atoms with Crippen molar-refractivity contribution in [1.82, 2.24) is 9.97 Å². The number of anilines is 1. The molecule has 0 N–H and O–H groups in total. The van der Waals surface area contributed by atoms with Gasteiger partial charge in [0, 0.05) is 18.8 Å². The number of halogens is 6. The average molecular weight is 479 g/mol. The Morgan fingerprint density at radius 1 is 1.09 bits per heavy atom. The third-order valence-corrected chi connectivity index (χ3v) is 4.71. The third-order valence-electron chi connectivity index (χ3n) is 4.71. The summed E-state index contributed by atoms with van der Waals surface area (Å²) in [6, 6.07) is 3.14. The molecule has 3 rings (SSSR count). The number of hydrogen-bond donors (Lipinski definition) is 0. The molecule has 0 amide bonds. The first-order chi connectivity index (χ1) is 15.5. The number of hydrogen-bond acceptors (Lipinski definition) is 7. The van der Waals surface area contributed by atoms with E-state index in [0.29, 0.717) is 0 Å². The van der Waals surface area contributed by atoms with E-state index in [9.17, 15) is 31.1 Å². The summed E-state index contributed by atoms with van der Waals surface area (Å²) in [5.41, 5.74) is -0.783. The summed E-state index contributed by atoms with van der Waals surface area (Å²) in [4.78, 5) is 21.2. The van der Waals surface area contributed by atoms with Crippen molar-refractivity contribution in [3.63, 3.8) is 0 Å². The van der Waals surface area contributed by atoms with Gasteiger partial charge in [-0.05, 0) is 31.2 Å². The highest BCUT2D eigenvalue weighted by molar-refractivity contribution is 5.88. The summed E-state index contributed by atoms with van der Waals surface area (Å²) >= 11 is 0. The molecule has 2 aromatic rings. The molecule has 1 aromatic heterocycles. The Hall–Kier alpha value is -3.09. The second-order valence-electron chi connectivity index (χ2n) is 7.05. The Balaban J connectivity index is 1.74. The van der Waals surface area contributed by atoms with E-state index < -0.39 is 42.8 Å². The Morgan fingerprint density at radius 3 is 2.27 bits per heavy atom. The van der Waals surface area contributed by atoms with Crippen molar-refractivity contribution in [2.75, 3.05) is 24.7 Å². The number of benzene rings is 1. The molecule has 33 heavy (non-hydrogen) atoms. The molecule has 0 unspecified atom stereocenters. The van der Waals surface area contributed by atoms with E-state index in [1.165, 1.54) is 17.3 Å². The van der Waals surface area contributed by atoms with Crippen molar-refractivity contribution in [1.29, 1.82) is 0 Å². The molecule has 0 bridgehead atoms. The van der Waals surface area contributed by atoms with Crippen LogP contribution in [0.4, 0.5) is 32.3 Å². The van der Waals surface area contributed by atoms with Gasteiger partial charge in [-0.1, -0.05) is 0 Å². The molecule has 0 radical (unpaired) electrons. The topological polar surface area (TPSA) is 73.8 Å². The fraction of sp³-hybridized carbons (Fsp3) is 0.450. The maximum Gasteiger partial charge on any atom is 0.522 e. The van der Waals surface area contributed by atoms with Crippen LogP contribution in [0.1, 0.15) is 29.3 Å². The molecule has 2 atom stereocenters. The highest BCUT2D eigenvalue weighted by Crippen LogP contribution is 2.32. The summed E-state index contributed by atoms with van der Waals surface area (Å²) in [5, 5.41) is 0. The van der Waals surface area contributed by atoms with Crippen LogP contribution in [-0.4, -0.2) is 54.2 Å². The molecule has 1 saturated heterocycles. The van der Waals surface area contributed by atoms with Crippen molar-refractivity contribution in [3.8, 4) is 5.75 Å². The lowest BCUT2D eigenvalue weighted by atomic mass is 10.2. The van der Waals surface area contributed by atoms with Gasteiger partial charge in [-0.15, -0.1) is 13.2 Å². The zero-order chi connectivity index (χ0) is 24.2. The van der Waals surface area contributed by atoms with Gasteiger partial charge in [-0.3, -0.25) is 4.74 Å². The molecule has 7 nitrogen and oxygen atoms in total. The van der Waals surface area contributed by atoms with Crippen LogP contribution in [0.2, 0.25) is 0 Å². The highest BCUT2D eigenvalue weighted by Gasteiger charge is 2.39. The summed E-state index contributed by atoms with van der Waals surface area (Å²) in [6.45, 7) is 1.08. The number of alkyl halides is 6. The fourth-order valence-electron chi connectivity index (χ4n) is 3.26. The van der Waals surface area contributed by atoms with Crippen LogP contribution in [0.3, 0.4) is 0 Å². The molecule has 0 saturated carbocycles. The van der Waals surface area contributed by atoms with Crippen LogP contribution >= 0.6 is 0 Å². The normalized spacial score (nSPS) is 18.9. The Morgan fingerprint density at radius 2 is 1.73 bits per heavy atom. The van der Waals surface area contributed by atoms with E-state index in [2.05, 4.69) is 14.7 Å². The predicted octanol–water partition coefficient (Wildman–Crippen LogP) is 4.23. The van der Waals surface area contributed by atoms with Crippen molar-refractivity contribution in [3.05, 3.63) is 47.8 Å². The molecule has 0 spiro atoms. The molecular weight excluding hydrogens is 460 g/mol. The Labute approximate surface area is 184 Å². The molecular formula is C20H19F6N3O4. The first-order valence-corrected chi connectivity index (χ1v) is 9.76. The molecule has 1 aromatic carbocycles. The van der Waals surface area contributed by atoms with Gasteiger partial charge in [0.1, 0.15) is 11.9 Å². The number of aromatic nitrogens is 2. The van der Waals surface area contributed by atoms with E-state index in [1.807, 2.05) is 0 Å². The zero-order valence-electron chi connectivity index (χ0n) is 17.2. The SMILES string of the molecule is CCOC(=O)c1cnc(N2C[C@H](Oc3ccc(C(F)(F)F)cc3)C[C@H]2COC(F)(F)F)nc1. The van der Waals surface area contributed by atoms with E-state index in [1.54, 1.807) is 6.92 Å². The minimum absolute atomic E-state index is 0.0392. The molecule has 1 aliphatic rings. The van der Waals surface area contributed by atoms with E-state index in [-0.39, 0.29) is 36.8 Å². The van der Waals surface area contributed by atoms with Crippen LogP contribution < -0.4 is 9.64 Å². The minimum atomic E-state index is -4.85. The van der Waals surface area contributed by atoms with Crippen LogP contribution in [0.5, 0.6) is 5.75 Å². The van der Waals surface area contributed by atoms with Crippen LogP contribution in [0.25, 0.3) is 0 Å². The monoisotopic (exact) mass is 479 g/mol. The molecule has 1 aliphatic heterocycles. The molecule has 13 heteroatoms. The Kier molecular flexibility index (Phi) is 7.30. The molecule has 0 aliphatic carbocycles. The zero-order valence-corrected chi connectivity index (χ0v) is 17.2. The maximum absolute atomic E-state index is 12.7. The highest BCUT2D eigenvalue weighted by atomic mass is 19.4. The first kappa shape index (κ1) is 24.6. The number of carbonyl (C=O) groups excluding carboxylic acids is 1. The molecule has 2 heterocycles. The van der Waals surface area contributed by atoms with Gasteiger partial charge in [0.05, 0.1) is 36.9 Å². The summed E-state index contributed by atoms with van der Waals surface area (Å²) in [7, 11) is 0. The number of nitrogens with zero attached hydrogens (tertiary/aromatic N) is 3. The van der Waals surface area contributed by atoms with Crippen LogP contribution in [0, 0.1) is 0 Å². The van der Waals surface area contributed by atoms with Crippen molar-refractivity contribution in [2.45, 2.75) is 38.0 Å². The first-order valence-electron chi connectivity index (χ1n) is 9.76. The van der Waals surface area contributed by atoms with Gasteiger partial charge in [0.15, 0.2) is 0 Å². The number of rotatable bonds is 7. The molecule has 180 valence electrons. The van der Waals surface area contributed by atoms with E-state index >= 15 is 0 Å². The molecule has 1 fully saturated rings. The smallest absolute Gasteiger partial charge is 0.489 e. The lowest BCUT2D eigenvalue weighted by molar-refractivity contribution is -0.325. The average Bonchev–Trinajstić information content (AvgIpc) is 3.14. The number of carbonyl (C=O) groups is 1. The maximum atomic E-state index is 12.7. The lowest BCUT2D eigenvalue weighted by Crippen LogP contribution is -2.36. The quantitative estimate of drug-likeness (QED) is 0.435. The van der Waals surface area contributed by atoms with Crippen molar-refractivity contribution in [2.24, 2.45) is 0 Å². The van der Waals surface area contributed by atoms with Gasteiger partial charge in [-0.25, -0.2) is 14.8 Å². The van der Waals surface area contributed by atoms with Crippen LogP contribution in [0.15, 0.2) is 36.7 Å². The standard InChI is InChI=1S/C20H19F6N3O4/c1-2-31-17(30)12-8-27-18(28-9-12)29-10-16(7-14(29)11-32-20(24,25)26)33-15-5-3-13(4-6-15)19(21,22)23/h3-6,8-9,14,16H,2,7,10-11H2,1H3/t14-,16+/m0/s1. The van der Waals surface area contributed by atoms with Gasteiger partial charge >= 0.3 is 18.5 Å². The second kappa shape index (κ2) is 9.81. The van der Waals surface area contributed by atoms with Gasteiger partial charge in [-0.2, -0.15) is 13.2 Å². The number of esters is 1. The van der Waals surface area contributed by atoms with Gasteiger partial charge in [0.2, 0.25) is 5.95 Å². The summed E-state index contributed by atoms with van der Waals surface area (Å²) in [5.74, 6) is -0.479. The van der Waals surface area contributed by atoms with Crippen LogP contribution in [-0.2, 0) is 15.7 Å². The van der Waals surface area contributed by atoms with E-state index in [0.717, 1.165) is 24.3 Å². The fourth-order valence-corrected chi connectivity index (χ4v) is 3.26. The summed E-state index contributed by atoms with van der Waals surface area (Å²) in [6.07, 6.45) is -7.59. The third kappa shape index (κ3) is 6.70. The van der Waals surface area contributed by atoms with Gasteiger partial charge < -0.3 is 14.4 Å². The largest absolute Gasteiger partial charge is 0.522 e. The lowest BCUT2D eigenvalue weighted by Gasteiger charge is -2.24. The second-order valence-corrected chi connectivity index (χ2v) is 7.05. The van der Waals surface area contributed by atoms with Crippen molar-refractivity contribution >= 4 is 11.9 Å². The number of ether oxygens (including phenoxy) is 3. The summed E-state index contributed by atoms with van der Waals surface area (Å²) < 4.78 is 90.4. The van der Waals surface area contributed by atoms with Gasteiger partial charge in [0.25, 0.3) is 0 Å². The van der Waals surface area contributed by atoms with E-state index in [4.69, 9.17) is 9.47 Å². The minimum Gasteiger partial charge on any atom is -0.489 e. The van der Waals surface area contributed by atoms with Crippen molar-refractivity contribution < 1.29 is 45.3 Å².